The van der Waals surface area contributed by atoms with E-state index in [9.17, 15) is 14.0 Å². The second kappa shape index (κ2) is 7.55. The number of halogens is 1. The Morgan fingerprint density at radius 1 is 1.22 bits per heavy atom. The van der Waals surface area contributed by atoms with Crippen LogP contribution in [0.3, 0.4) is 0 Å². The number of anilines is 2. The van der Waals surface area contributed by atoms with Crippen molar-refractivity contribution in [2.45, 2.75) is 45.4 Å². The van der Waals surface area contributed by atoms with Gasteiger partial charge in [-0.1, -0.05) is 19.3 Å². The van der Waals surface area contributed by atoms with Crippen LogP contribution in [0.1, 0.15) is 45.4 Å². The lowest BCUT2D eigenvalue weighted by atomic mass is 9.71. The standard InChI is InChI=1S/C17H24FN3O2/c1-12(22)20-15-9-13(5-6-14(15)18)21-16(23)10-17(11-19)7-3-2-4-8-17/h5-6,9H,2-4,7-8,10-11,19H2,1H3,(H,20,22)(H,21,23). The summed E-state index contributed by atoms with van der Waals surface area (Å²) in [5.74, 6) is -1.03. The maximum Gasteiger partial charge on any atom is 0.224 e. The molecule has 4 N–H and O–H groups in total. The van der Waals surface area contributed by atoms with Crippen molar-refractivity contribution in [3.63, 3.8) is 0 Å². The van der Waals surface area contributed by atoms with Crippen LogP contribution in [-0.4, -0.2) is 18.4 Å². The highest BCUT2D eigenvalue weighted by molar-refractivity contribution is 5.93. The van der Waals surface area contributed by atoms with Gasteiger partial charge in [-0.15, -0.1) is 0 Å². The highest BCUT2D eigenvalue weighted by Crippen LogP contribution is 2.38. The summed E-state index contributed by atoms with van der Waals surface area (Å²) in [6.07, 6.45) is 5.72. The zero-order valence-electron chi connectivity index (χ0n) is 13.5. The average Bonchev–Trinajstić information content (AvgIpc) is 2.51. The molecule has 5 nitrogen and oxygen atoms in total. The molecule has 1 aromatic rings. The molecule has 23 heavy (non-hydrogen) atoms. The predicted octanol–water partition coefficient (Wildman–Crippen LogP) is 3.02. The fourth-order valence-corrected chi connectivity index (χ4v) is 3.19. The van der Waals surface area contributed by atoms with Crippen molar-refractivity contribution >= 4 is 23.2 Å². The second-order valence-electron chi connectivity index (χ2n) is 6.37. The Kier molecular flexibility index (Phi) is 5.71. The largest absolute Gasteiger partial charge is 0.330 e. The molecule has 0 radical (unpaired) electrons. The molecule has 6 heteroatoms. The Morgan fingerprint density at radius 2 is 1.91 bits per heavy atom. The number of amides is 2. The van der Waals surface area contributed by atoms with Gasteiger partial charge in [0.25, 0.3) is 0 Å². The van der Waals surface area contributed by atoms with Gasteiger partial charge in [0.1, 0.15) is 5.82 Å². The Balaban J connectivity index is 2.03. The minimum Gasteiger partial charge on any atom is -0.330 e. The number of carbonyl (C=O) groups is 2. The van der Waals surface area contributed by atoms with E-state index in [1.807, 2.05) is 0 Å². The Hall–Kier alpha value is -1.95. The van der Waals surface area contributed by atoms with E-state index in [1.54, 1.807) is 0 Å². The van der Waals surface area contributed by atoms with E-state index < -0.39 is 5.82 Å². The summed E-state index contributed by atoms with van der Waals surface area (Å²) >= 11 is 0. The predicted molar refractivity (Wildman–Crippen MR) is 88.5 cm³/mol. The monoisotopic (exact) mass is 321 g/mol. The minimum atomic E-state index is -0.538. The number of hydrogen-bond donors (Lipinski definition) is 3. The van der Waals surface area contributed by atoms with Gasteiger partial charge in [0, 0.05) is 19.0 Å². The molecule has 1 aromatic carbocycles. The molecule has 0 aliphatic heterocycles. The molecule has 0 atom stereocenters. The molecule has 1 aliphatic rings. The van der Waals surface area contributed by atoms with Gasteiger partial charge in [-0.2, -0.15) is 0 Å². The van der Waals surface area contributed by atoms with Crippen LogP contribution in [0.25, 0.3) is 0 Å². The average molecular weight is 321 g/mol. The quantitative estimate of drug-likeness (QED) is 0.779. The smallest absolute Gasteiger partial charge is 0.224 e. The van der Waals surface area contributed by atoms with Crippen molar-refractivity contribution in [3.05, 3.63) is 24.0 Å². The lowest BCUT2D eigenvalue weighted by Crippen LogP contribution is -2.36. The van der Waals surface area contributed by atoms with Crippen LogP contribution in [0.15, 0.2) is 18.2 Å². The van der Waals surface area contributed by atoms with Gasteiger partial charge < -0.3 is 16.4 Å². The van der Waals surface area contributed by atoms with E-state index in [4.69, 9.17) is 5.73 Å². The van der Waals surface area contributed by atoms with Crippen LogP contribution in [0, 0.1) is 11.2 Å². The molecule has 1 saturated carbocycles. The number of carbonyl (C=O) groups excluding carboxylic acids is 2. The first-order valence-electron chi connectivity index (χ1n) is 8.01. The van der Waals surface area contributed by atoms with Crippen molar-refractivity contribution in [2.24, 2.45) is 11.1 Å². The first-order valence-corrected chi connectivity index (χ1v) is 8.01. The maximum atomic E-state index is 13.6. The highest BCUT2D eigenvalue weighted by Gasteiger charge is 2.32. The molecule has 0 aromatic heterocycles. The molecule has 2 amide bonds. The lowest BCUT2D eigenvalue weighted by Gasteiger charge is -2.35. The van der Waals surface area contributed by atoms with Crippen LogP contribution in [0.4, 0.5) is 15.8 Å². The van der Waals surface area contributed by atoms with Gasteiger partial charge in [0.2, 0.25) is 11.8 Å². The van der Waals surface area contributed by atoms with Gasteiger partial charge >= 0.3 is 0 Å². The van der Waals surface area contributed by atoms with E-state index in [0.29, 0.717) is 18.7 Å². The molecule has 0 saturated heterocycles. The molecular formula is C17H24FN3O2. The number of nitrogens with two attached hydrogens (primary N) is 1. The third-order valence-electron chi connectivity index (χ3n) is 4.44. The zero-order chi connectivity index (χ0) is 16.9. The van der Waals surface area contributed by atoms with Crippen molar-refractivity contribution in [2.75, 3.05) is 17.2 Å². The van der Waals surface area contributed by atoms with Gasteiger partial charge in [0.15, 0.2) is 0 Å². The zero-order valence-corrected chi connectivity index (χ0v) is 13.5. The summed E-state index contributed by atoms with van der Waals surface area (Å²) in [4.78, 5) is 23.4. The van der Waals surface area contributed by atoms with Crippen molar-refractivity contribution < 1.29 is 14.0 Å². The summed E-state index contributed by atoms with van der Waals surface area (Å²) in [5.41, 5.74) is 6.30. The first kappa shape index (κ1) is 17.4. The molecule has 2 rings (SSSR count). The van der Waals surface area contributed by atoms with E-state index >= 15 is 0 Å². The molecule has 0 heterocycles. The Labute approximate surface area is 135 Å². The van der Waals surface area contributed by atoms with Gasteiger partial charge in [-0.3, -0.25) is 9.59 Å². The molecule has 0 unspecified atom stereocenters. The first-order chi connectivity index (χ1) is 10.9. The van der Waals surface area contributed by atoms with Crippen LogP contribution in [0.5, 0.6) is 0 Å². The summed E-state index contributed by atoms with van der Waals surface area (Å²) in [6.45, 7) is 1.81. The highest BCUT2D eigenvalue weighted by atomic mass is 19.1. The maximum absolute atomic E-state index is 13.6. The fraction of sp³-hybridized carbons (Fsp3) is 0.529. The van der Waals surface area contributed by atoms with Crippen molar-refractivity contribution in [3.8, 4) is 0 Å². The van der Waals surface area contributed by atoms with Crippen molar-refractivity contribution in [1.29, 1.82) is 0 Å². The van der Waals surface area contributed by atoms with E-state index in [-0.39, 0.29) is 22.9 Å². The van der Waals surface area contributed by atoms with E-state index in [1.165, 1.54) is 31.5 Å². The molecule has 1 fully saturated rings. The summed E-state index contributed by atoms with van der Waals surface area (Å²) in [6, 6.07) is 4.12. The van der Waals surface area contributed by atoms with Crippen LogP contribution >= 0.6 is 0 Å². The van der Waals surface area contributed by atoms with Gasteiger partial charge in [0.05, 0.1) is 5.69 Å². The van der Waals surface area contributed by atoms with Gasteiger partial charge in [-0.05, 0) is 43.0 Å². The van der Waals surface area contributed by atoms with Crippen molar-refractivity contribution in [1.82, 2.24) is 0 Å². The van der Waals surface area contributed by atoms with E-state index in [0.717, 1.165) is 25.7 Å². The third-order valence-corrected chi connectivity index (χ3v) is 4.44. The van der Waals surface area contributed by atoms with Gasteiger partial charge in [-0.25, -0.2) is 4.39 Å². The molecule has 0 spiro atoms. The molecule has 126 valence electrons. The number of hydrogen-bond acceptors (Lipinski definition) is 3. The summed E-state index contributed by atoms with van der Waals surface area (Å²) in [5, 5.41) is 5.18. The number of rotatable bonds is 5. The van der Waals surface area contributed by atoms with Crippen LogP contribution in [-0.2, 0) is 9.59 Å². The Morgan fingerprint density at radius 3 is 2.52 bits per heavy atom. The molecule has 0 bridgehead atoms. The number of benzene rings is 1. The molecule has 1 aliphatic carbocycles. The minimum absolute atomic E-state index is 0.0569. The number of nitrogens with one attached hydrogen (secondary N) is 2. The van der Waals surface area contributed by atoms with Crippen LogP contribution in [0.2, 0.25) is 0 Å². The third kappa shape index (κ3) is 4.76. The van der Waals surface area contributed by atoms with E-state index in [2.05, 4.69) is 10.6 Å². The topological polar surface area (TPSA) is 84.2 Å². The fourth-order valence-electron chi connectivity index (χ4n) is 3.19. The summed E-state index contributed by atoms with van der Waals surface area (Å²) in [7, 11) is 0. The normalized spacial score (nSPS) is 16.7. The Bertz CT molecular complexity index is 583. The second-order valence-corrected chi connectivity index (χ2v) is 6.37. The summed E-state index contributed by atoms with van der Waals surface area (Å²) < 4.78 is 13.6. The SMILES string of the molecule is CC(=O)Nc1cc(NC(=O)CC2(CN)CCCCC2)ccc1F. The van der Waals surface area contributed by atoms with Crippen LogP contribution < -0.4 is 16.4 Å². The lowest BCUT2D eigenvalue weighted by molar-refractivity contribution is -0.119. The molecular weight excluding hydrogens is 297 g/mol.